The van der Waals surface area contributed by atoms with Crippen LogP contribution in [0.3, 0.4) is 0 Å². The monoisotopic (exact) mass is 320 g/mol. The third-order valence-electron chi connectivity index (χ3n) is 4.28. The van der Waals surface area contributed by atoms with Crippen LogP contribution in [0.2, 0.25) is 0 Å². The van der Waals surface area contributed by atoms with E-state index in [2.05, 4.69) is 5.32 Å². The zero-order valence-electron chi connectivity index (χ0n) is 13.7. The predicted octanol–water partition coefficient (Wildman–Crippen LogP) is 3.43. The van der Waals surface area contributed by atoms with Gasteiger partial charge in [-0.15, -0.1) is 0 Å². The molecule has 2 aromatic rings. The van der Waals surface area contributed by atoms with Crippen molar-refractivity contribution in [3.63, 3.8) is 0 Å². The number of benzene rings is 2. The molecule has 0 unspecified atom stereocenters. The molecule has 1 saturated heterocycles. The van der Waals surface area contributed by atoms with Gasteiger partial charge in [0.2, 0.25) is 7.85 Å². The van der Waals surface area contributed by atoms with Crippen LogP contribution in [0.5, 0.6) is 5.75 Å². The van der Waals surface area contributed by atoms with E-state index in [9.17, 15) is 4.79 Å². The molecule has 1 aliphatic heterocycles. The lowest BCUT2D eigenvalue weighted by atomic mass is 10.0. The molecule has 2 radical (unpaired) electrons. The SMILES string of the molecule is [B]C(=O)N1CCC(Nc2ccc(OCc3ccccc3)cc2)CC1. The Hall–Kier alpha value is -2.43. The van der Waals surface area contributed by atoms with E-state index in [0.29, 0.717) is 25.7 Å². The van der Waals surface area contributed by atoms with Crippen LogP contribution in [0.15, 0.2) is 54.6 Å². The molecule has 4 nitrogen and oxygen atoms in total. The van der Waals surface area contributed by atoms with Gasteiger partial charge in [-0.05, 0) is 42.7 Å². The van der Waals surface area contributed by atoms with Crippen molar-refractivity contribution in [2.75, 3.05) is 18.4 Å². The number of likely N-dealkylation sites (tertiary alicyclic amines) is 1. The molecule has 2 aromatic carbocycles. The van der Waals surface area contributed by atoms with Gasteiger partial charge in [-0.2, -0.15) is 0 Å². The minimum Gasteiger partial charge on any atom is -0.489 e. The summed E-state index contributed by atoms with van der Waals surface area (Å²) < 4.78 is 5.79. The highest BCUT2D eigenvalue weighted by Crippen LogP contribution is 2.20. The third kappa shape index (κ3) is 4.54. The molecule has 0 spiro atoms. The number of amides is 1. The number of hydrogen-bond donors (Lipinski definition) is 1. The summed E-state index contributed by atoms with van der Waals surface area (Å²) in [5.41, 5.74) is 2.22. The molecule has 24 heavy (non-hydrogen) atoms. The van der Waals surface area contributed by atoms with Gasteiger partial charge in [0.1, 0.15) is 12.4 Å². The summed E-state index contributed by atoms with van der Waals surface area (Å²) >= 11 is 0. The van der Waals surface area contributed by atoms with Crippen LogP contribution < -0.4 is 10.1 Å². The first-order valence-corrected chi connectivity index (χ1v) is 8.28. The number of piperidine rings is 1. The highest BCUT2D eigenvalue weighted by atomic mass is 16.5. The number of ether oxygens (including phenoxy) is 1. The Morgan fingerprint density at radius 3 is 2.38 bits per heavy atom. The van der Waals surface area contributed by atoms with Crippen LogP contribution >= 0.6 is 0 Å². The quantitative estimate of drug-likeness (QED) is 0.858. The molecule has 1 amide bonds. The van der Waals surface area contributed by atoms with Gasteiger partial charge in [0.05, 0.1) is 0 Å². The van der Waals surface area contributed by atoms with E-state index >= 15 is 0 Å². The van der Waals surface area contributed by atoms with Gasteiger partial charge in [0, 0.05) is 24.8 Å². The summed E-state index contributed by atoms with van der Waals surface area (Å²) in [6.07, 6.45) is 1.82. The Balaban J connectivity index is 1.47. The van der Waals surface area contributed by atoms with Crippen molar-refractivity contribution in [2.24, 2.45) is 0 Å². The van der Waals surface area contributed by atoms with Crippen LogP contribution in [0, 0.1) is 0 Å². The second-order valence-electron chi connectivity index (χ2n) is 6.04. The van der Waals surface area contributed by atoms with E-state index in [1.807, 2.05) is 54.6 Å². The topological polar surface area (TPSA) is 41.6 Å². The maximum absolute atomic E-state index is 11.1. The Labute approximate surface area is 144 Å². The first-order chi connectivity index (χ1) is 11.7. The lowest BCUT2D eigenvalue weighted by Gasteiger charge is -2.32. The summed E-state index contributed by atoms with van der Waals surface area (Å²) in [5, 5.41) is 3.51. The number of rotatable bonds is 5. The fourth-order valence-corrected chi connectivity index (χ4v) is 2.87. The first kappa shape index (κ1) is 16.4. The summed E-state index contributed by atoms with van der Waals surface area (Å²) in [4.78, 5) is 12.8. The van der Waals surface area contributed by atoms with E-state index in [-0.39, 0.29) is 5.81 Å². The van der Waals surface area contributed by atoms with Crippen LogP contribution in [0.4, 0.5) is 10.5 Å². The second-order valence-corrected chi connectivity index (χ2v) is 6.04. The molecule has 5 heteroatoms. The maximum Gasteiger partial charge on any atom is 0.200 e. The van der Waals surface area contributed by atoms with Crippen molar-refractivity contribution in [3.05, 3.63) is 60.2 Å². The van der Waals surface area contributed by atoms with Crippen LogP contribution in [0.1, 0.15) is 18.4 Å². The molecule has 0 aliphatic carbocycles. The maximum atomic E-state index is 11.1. The lowest BCUT2D eigenvalue weighted by Crippen LogP contribution is -2.41. The smallest absolute Gasteiger partial charge is 0.200 e. The van der Waals surface area contributed by atoms with Crippen molar-refractivity contribution in [2.45, 2.75) is 25.5 Å². The Kier molecular flexibility index (Phi) is 5.41. The van der Waals surface area contributed by atoms with E-state index in [4.69, 9.17) is 12.6 Å². The number of nitrogens with zero attached hydrogens (tertiary/aromatic N) is 1. The van der Waals surface area contributed by atoms with Gasteiger partial charge in [0.25, 0.3) is 0 Å². The molecule has 1 fully saturated rings. The van der Waals surface area contributed by atoms with Gasteiger partial charge in [0.15, 0.2) is 5.81 Å². The van der Waals surface area contributed by atoms with Gasteiger partial charge < -0.3 is 15.0 Å². The van der Waals surface area contributed by atoms with Gasteiger partial charge in [-0.25, -0.2) is 0 Å². The first-order valence-electron chi connectivity index (χ1n) is 8.28. The van der Waals surface area contributed by atoms with Crippen LogP contribution in [-0.2, 0) is 6.61 Å². The number of anilines is 1. The Morgan fingerprint density at radius 2 is 1.75 bits per heavy atom. The molecule has 0 bridgehead atoms. The molecule has 122 valence electrons. The van der Waals surface area contributed by atoms with Gasteiger partial charge >= 0.3 is 0 Å². The van der Waals surface area contributed by atoms with E-state index in [0.717, 1.165) is 29.8 Å². The minimum absolute atomic E-state index is 0.326. The summed E-state index contributed by atoms with van der Waals surface area (Å²) in [6, 6.07) is 18.5. The molecule has 1 heterocycles. The molecule has 0 atom stereocenters. The predicted molar refractivity (Wildman–Crippen MR) is 96.6 cm³/mol. The average Bonchev–Trinajstić information content (AvgIpc) is 2.62. The number of hydrogen-bond acceptors (Lipinski definition) is 3. The molecular weight excluding hydrogens is 299 g/mol. The molecule has 1 N–H and O–H groups in total. The zero-order valence-corrected chi connectivity index (χ0v) is 13.7. The van der Waals surface area contributed by atoms with E-state index in [1.54, 1.807) is 4.90 Å². The highest BCUT2D eigenvalue weighted by Gasteiger charge is 2.19. The minimum atomic E-state index is -0.326. The van der Waals surface area contributed by atoms with Crippen LogP contribution in [0.25, 0.3) is 0 Å². The van der Waals surface area contributed by atoms with E-state index < -0.39 is 0 Å². The molecule has 0 saturated carbocycles. The molecular formula is C19H21BN2O2. The summed E-state index contributed by atoms with van der Waals surface area (Å²) in [7, 11) is 5.31. The highest BCUT2D eigenvalue weighted by molar-refractivity contribution is 6.56. The van der Waals surface area contributed by atoms with Crippen LogP contribution in [-0.4, -0.2) is 37.7 Å². The van der Waals surface area contributed by atoms with Gasteiger partial charge in [-0.3, -0.25) is 4.79 Å². The molecule has 3 rings (SSSR count). The zero-order chi connectivity index (χ0) is 16.8. The molecule has 0 aromatic heterocycles. The summed E-state index contributed by atoms with van der Waals surface area (Å²) in [6.45, 7) is 2.00. The molecule has 1 aliphatic rings. The summed E-state index contributed by atoms with van der Waals surface area (Å²) in [5.74, 6) is 0.529. The fraction of sp³-hybridized carbons (Fsp3) is 0.316. The number of nitrogens with one attached hydrogen (secondary N) is 1. The van der Waals surface area contributed by atoms with Gasteiger partial charge in [-0.1, -0.05) is 30.3 Å². The normalized spacial score (nSPS) is 15.1. The van der Waals surface area contributed by atoms with E-state index in [1.165, 1.54) is 0 Å². The third-order valence-corrected chi connectivity index (χ3v) is 4.28. The van der Waals surface area contributed by atoms with Crippen molar-refractivity contribution in [3.8, 4) is 5.75 Å². The lowest BCUT2D eigenvalue weighted by molar-refractivity contribution is 0.206. The fourth-order valence-electron chi connectivity index (χ4n) is 2.87. The number of carbonyl (C=O) groups is 1. The Morgan fingerprint density at radius 1 is 1.08 bits per heavy atom. The standard InChI is InChI=1S/C19H21BN2O2/c20-19(23)22-12-10-17(11-13-22)21-16-6-8-18(9-7-16)24-14-15-4-2-1-3-5-15/h1-9,17,21H,10-14H2. The average molecular weight is 320 g/mol. The van der Waals surface area contributed by atoms with Crippen molar-refractivity contribution in [1.29, 1.82) is 0 Å². The van der Waals surface area contributed by atoms with Crippen molar-refractivity contribution in [1.82, 2.24) is 4.90 Å². The van der Waals surface area contributed by atoms with Crippen molar-refractivity contribution < 1.29 is 9.53 Å². The Bertz CT molecular complexity index is 653. The van der Waals surface area contributed by atoms with Crippen molar-refractivity contribution >= 4 is 19.3 Å². The number of carbonyl (C=O) groups excluding carboxylic acids is 1. The largest absolute Gasteiger partial charge is 0.489 e. The second kappa shape index (κ2) is 7.91.